The topological polar surface area (TPSA) is 97.3 Å². The van der Waals surface area contributed by atoms with Gasteiger partial charge in [0.15, 0.2) is 5.79 Å². The second-order valence-electron chi connectivity index (χ2n) is 9.30. The lowest BCUT2D eigenvalue weighted by molar-refractivity contribution is -0.338. The Morgan fingerprint density at radius 1 is 1.07 bits per heavy atom. The van der Waals surface area contributed by atoms with Crippen molar-refractivity contribution in [2.45, 2.75) is 128 Å². The van der Waals surface area contributed by atoms with Crippen molar-refractivity contribution in [3.8, 4) is 0 Å². The lowest BCUT2D eigenvalue weighted by Gasteiger charge is -2.47. The van der Waals surface area contributed by atoms with Crippen LogP contribution >= 0.6 is 0 Å². The van der Waals surface area contributed by atoms with E-state index in [0.717, 1.165) is 12.8 Å². The van der Waals surface area contributed by atoms with Crippen molar-refractivity contribution in [3.63, 3.8) is 0 Å². The van der Waals surface area contributed by atoms with Crippen molar-refractivity contribution < 1.29 is 29.2 Å². The number of aliphatic hydroxyl groups excluding tert-OH is 2. The summed E-state index contributed by atoms with van der Waals surface area (Å²) in [5, 5.41) is 23.6. The van der Waals surface area contributed by atoms with Crippen molar-refractivity contribution >= 4 is 5.91 Å². The third kappa shape index (κ3) is 8.79. The van der Waals surface area contributed by atoms with E-state index >= 15 is 0 Å². The zero-order valence-corrected chi connectivity index (χ0v) is 19.1. The zero-order valence-electron chi connectivity index (χ0n) is 19.1. The number of amides is 1. The highest BCUT2D eigenvalue weighted by Gasteiger charge is 2.47. The molecule has 2 rings (SSSR count). The van der Waals surface area contributed by atoms with Crippen molar-refractivity contribution in [1.29, 1.82) is 0 Å². The Bertz CT molecular complexity index is 500. The minimum absolute atomic E-state index is 0.0454. The number of carbonyl (C=O) groups is 1. The molecule has 2 heterocycles. The minimum Gasteiger partial charge on any atom is -0.393 e. The molecular weight excluding hydrogens is 386 g/mol. The standard InChI is InChI=1S/C23H43NO6/c1-4-5-6-7-8-9-10-11-12-13-17(25)14-20(26)24-18-15-28-19-16-29-23(2,3)30-22(19)21(18)27/h17-19,21-22,25,27H,4-16H2,1-3H3,(H,24,26)/t17?,18-,19+,21+,22+/m0/s1. The highest BCUT2D eigenvalue weighted by atomic mass is 16.7. The number of ether oxygens (including phenoxy) is 3. The molecule has 176 valence electrons. The first kappa shape index (κ1) is 25.5. The highest BCUT2D eigenvalue weighted by molar-refractivity contribution is 5.76. The first-order chi connectivity index (χ1) is 14.3. The molecule has 2 aliphatic heterocycles. The Morgan fingerprint density at radius 3 is 2.37 bits per heavy atom. The van der Waals surface area contributed by atoms with Crippen molar-refractivity contribution in [2.75, 3.05) is 13.2 Å². The van der Waals surface area contributed by atoms with Gasteiger partial charge >= 0.3 is 0 Å². The first-order valence-corrected chi connectivity index (χ1v) is 11.9. The molecule has 30 heavy (non-hydrogen) atoms. The molecule has 0 spiro atoms. The highest BCUT2D eigenvalue weighted by Crippen LogP contribution is 2.30. The SMILES string of the molecule is CCCCCCCCCCCC(O)CC(=O)N[C@H]1CO[C@@H]2COC(C)(C)O[C@H]2[C@@H]1O. The van der Waals surface area contributed by atoms with Crippen LogP contribution in [-0.2, 0) is 19.0 Å². The van der Waals surface area contributed by atoms with Gasteiger partial charge in [0.2, 0.25) is 5.91 Å². The van der Waals surface area contributed by atoms with Crippen LogP contribution in [0.2, 0.25) is 0 Å². The Labute approximate surface area is 181 Å². The van der Waals surface area contributed by atoms with Crippen molar-refractivity contribution in [1.82, 2.24) is 5.32 Å². The number of rotatable bonds is 13. The molecule has 7 heteroatoms. The van der Waals surface area contributed by atoms with Gasteiger partial charge in [-0.05, 0) is 20.3 Å². The van der Waals surface area contributed by atoms with Gasteiger partial charge in [0, 0.05) is 0 Å². The number of aliphatic hydroxyl groups is 2. The van der Waals surface area contributed by atoms with Crippen LogP contribution in [0.15, 0.2) is 0 Å². The molecule has 5 atom stereocenters. The van der Waals surface area contributed by atoms with E-state index in [2.05, 4.69) is 12.2 Å². The molecule has 2 saturated heterocycles. The maximum absolute atomic E-state index is 12.3. The average Bonchev–Trinajstić information content (AvgIpc) is 2.69. The summed E-state index contributed by atoms with van der Waals surface area (Å²) in [5.41, 5.74) is 0. The fraction of sp³-hybridized carbons (Fsp3) is 0.957. The van der Waals surface area contributed by atoms with Crippen molar-refractivity contribution in [2.24, 2.45) is 0 Å². The number of fused-ring (bicyclic) bond motifs is 1. The van der Waals surface area contributed by atoms with Gasteiger partial charge in [-0.3, -0.25) is 4.79 Å². The molecular formula is C23H43NO6. The van der Waals surface area contributed by atoms with Gasteiger partial charge in [-0.25, -0.2) is 0 Å². The molecule has 0 saturated carbocycles. The summed E-state index contributed by atoms with van der Waals surface area (Å²) in [6, 6.07) is -0.549. The monoisotopic (exact) mass is 429 g/mol. The van der Waals surface area contributed by atoms with Crippen LogP contribution in [0, 0.1) is 0 Å². The number of nitrogens with one attached hydrogen (secondary N) is 1. The van der Waals surface area contributed by atoms with Gasteiger partial charge in [-0.2, -0.15) is 0 Å². The second kappa shape index (κ2) is 13.0. The Morgan fingerprint density at radius 2 is 1.70 bits per heavy atom. The molecule has 0 radical (unpaired) electrons. The van der Waals surface area contributed by atoms with Crippen LogP contribution in [-0.4, -0.2) is 65.6 Å². The molecule has 0 aromatic rings. The van der Waals surface area contributed by atoms with Crippen LogP contribution < -0.4 is 5.32 Å². The number of unbranched alkanes of at least 4 members (excludes halogenated alkanes) is 8. The Kier molecular flexibility index (Phi) is 11.0. The summed E-state index contributed by atoms with van der Waals surface area (Å²) in [6.45, 7) is 6.37. The van der Waals surface area contributed by atoms with Gasteiger partial charge < -0.3 is 29.7 Å². The van der Waals surface area contributed by atoms with Crippen LogP contribution in [0.3, 0.4) is 0 Å². The van der Waals surface area contributed by atoms with Crippen LogP contribution in [0.1, 0.15) is 91.4 Å². The van der Waals surface area contributed by atoms with E-state index in [-0.39, 0.29) is 25.0 Å². The maximum Gasteiger partial charge on any atom is 0.222 e. The average molecular weight is 430 g/mol. The summed E-state index contributed by atoms with van der Waals surface area (Å²) < 4.78 is 17.1. The molecule has 0 aromatic heterocycles. The molecule has 7 nitrogen and oxygen atoms in total. The van der Waals surface area contributed by atoms with E-state index in [1.54, 1.807) is 13.8 Å². The molecule has 2 aliphatic rings. The second-order valence-corrected chi connectivity index (χ2v) is 9.30. The third-order valence-electron chi connectivity index (χ3n) is 6.03. The normalized spacial score (nSPS) is 29.2. The Hall–Kier alpha value is -0.730. The molecule has 2 fully saturated rings. The molecule has 1 amide bonds. The van der Waals surface area contributed by atoms with E-state index in [1.807, 2.05) is 0 Å². The molecule has 0 bridgehead atoms. The third-order valence-corrected chi connectivity index (χ3v) is 6.03. The summed E-state index contributed by atoms with van der Waals surface area (Å²) in [6.07, 6.45) is 9.33. The lowest BCUT2D eigenvalue weighted by Crippen LogP contribution is -2.65. The van der Waals surface area contributed by atoms with E-state index < -0.39 is 30.1 Å². The number of hydrogen-bond donors (Lipinski definition) is 3. The first-order valence-electron chi connectivity index (χ1n) is 11.9. The quantitative estimate of drug-likeness (QED) is 0.389. The maximum atomic E-state index is 12.3. The van der Waals surface area contributed by atoms with Crippen LogP contribution in [0.4, 0.5) is 0 Å². The summed E-state index contributed by atoms with van der Waals surface area (Å²) in [4.78, 5) is 12.3. The minimum atomic E-state index is -0.870. The van der Waals surface area contributed by atoms with E-state index in [9.17, 15) is 15.0 Å². The van der Waals surface area contributed by atoms with E-state index in [1.165, 1.54) is 44.9 Å². The molecule has 0 aromatic carbocycles. The summed E-state index contributed by atoms with van der Waals surface area (Å²) in [5.74, 6) is -1.06. The molecule has 3 N–H and O–H groups in total. The Balaban J connectivity index is 1.58. The lowest BCUT2D eigenvalue weighted by atomic mass is 9.96. The smallest absolute Gasteiger partial charge is 0.222 e. The summed E-state index contributed by atoms with van der Waals surface area (Å²) in [7, 11) is 0. The van der Waals surface area contributed by atoms with E-state index in [4.69, 9.17) is 14.2 Å². The molecule has 1 unspecified atom stereocenters. The fourth-order valence-corrected chi connectivity index (χ4v) is 4.20. The number of hydrogen-bond acceptors (Lipinski definition) is 6. The van der Waals surface area contributed by atoms with E-state index in [0.29, 0.717) is 13.0 Å². The predicted molar refractivity (Wildman–Crippen MR) is 115 cm³/mol. The van der Waals surface area contributed by atoms with Crippen molar-refractivity contribution in [3.05, 3.63) is 0 Å². The predicted octanol–water partition coefficient (Wildman–Crippen LogP) is 3.05. The van der Waals surface area contributed by atoms with Gasteiger partial charge in [-0.15, -0.1) is 0 Å². The molecule has 0 aliphatic carbocycles. The van der Waals surface area contributed by atoms with Crippen LogP contribution in [0.25, 0.3) is 0 Å². The zero-order chi connectivity index (χ0) is 22.0. The van der Waals surface area contributed by atoms with Gasteiger partial charge in [-0.1, -0.05) is 64.7 Å². The van der Waals surface area contributed by atoms with Gasteiger partial charge in [0.05, 0.1) is 31.8 Å². The van der Waals surface area contributed by atoms with Gasteiger partial charge in [0.25, 0.3) is 0 Å². The van der Waals surface area contributed by atoms with Crippen LogP contribution in [0.5, 0.6) is 0 Å². The fourth-order valence-electron chi connectivity index (χ4n) is 4.20. The van der Waals surface area contributed by atoms with Gasteiger partial charge in [0.1, 0.15) is 18.3 Å². The summed E-state index contributed by atoms with van der Waals surface area (Å²) >= 11 is 0. The number of carbonyl (C=O) groups excluding carboxylic acids is 1. The largest absolute Gasteiger partial charge is 0.393 e.